The fraction of sp³-hybridized carbons (Fsp3) is 0.350. The third kappa shape index (κ3) is 3.83. The van der Waals surface area contributed by atoms with Gasteiger partial charge in [-0.15, -0.1) is 0 Å². The lowest BCUT2D eigenvalue weighted by Crippen LogP contribution is -2.25. The molecule has 1 unspecified atom stereocenters. The van der Waals surface area contributed by atoms with Gasteiger partial charge < -0.3 is 19.1 Å². The number of fused-ring (bicyclic) bond motifs is 1. The highest BCUT2D eigenvalue weighted by atomic mass is 16.5. The Morgan fingerprint density at radius 1 is 1.08 bits per heavy atom. The van der Waals surface area contributed by atoms with E-state index in [0.717, 1.165) is 33.7 Å². The van der Waals surface area contributed by atoms with Crippen LogP contribution in [0.1, 0.15) is 17.0 Å². The number of benzene rings is 2. The summed E-state index contributed by atoms with van der Waals surface area (Å²) in [6.07, 6.45) is -0.646. The number of aromatic nitrogens is 2. The van der Waals surface area contributed by atoms with Gasteiger partial charge in [0.1, 0.15) is 30.9 Å². The number of aliphatic hydroxyl groups is 1. The van der Waals surface area contributed by atoms with Crippen LogP contribution in [0.15, 0.2) is 42.5 Å². The maximum Gasteiger partial charge on any atom is 0.136 e. The van der Waals surface area contributed by atoms with Crippen molar-refractivity contribution >= 4 is 11.0 Å². The monoisotopic (exact) mass is 340 g/mol. The Labute approximate surface area is 147 Å². The average Bonchev–Trinajstić information content (AvgIpc) is 2.92. The van der Waals surface area contributed by atoms with E-state index in [1.165, 1.54) is 0 Å². The Bertz CT molecular complexity index is 837. The van der Waals surface area contributed by atoms with Crippen molar-refractivity contribution in [3.63, 3.8) is 0 Å². The van der Waals surface area contributed by atoms with Gasteiger partial charge in [0.25, 0.3) is 0 Å². The molecule has 5 nitrogen and oxygen atoms in total. The van der Waals surface area contributed by atoms with E-state index in [1.807, 2.05) is 60.9 Å². The molecule has 132 valence electrons. The van der Waals surface area contributed by atoms with Crippen LogP contribution in [0.25, 0.3) is 11.0 Å². The van der Waals surface area contributed by atoms with Gasteiger partial charge in [-0.1, -0.05) is 30.3 Å². The third-order valence-electron chi connectivity index (χ3n) is 4.23. The predicted octanol–water partition coefficient (Wildman–Crippen LogP) is 3.24. The maximum absolute atomic E-state index is 10.5. The van der Waals surface area contributed by atoms with E-state index < -0.39 is 6.10 Å². The zero-order chi connectivity index (χ0) is 17.8. The van der Waals surface area contributed by atoms with Crippen LogP contribution in [0.3, 0.4) is 0 Å². The summed E-state index contributed by atoms with van der Waals surface area (Å²) < 4.78 is 13.1. The molecule has 3 rings (SSSR count). The minimum absolute atomic E-state index is 0.227. The van der Waals surface area contributed by atoms with Crippen molar-refractivity contribution in [2.24, 2.45) is 0 Å². The minimum Gasteiger partial charge on any atom is -0.490 e. The third-order valence-corrected chi connectivity index (χ3v) is 4.23. The first-order valence-electron chi connectivity index (χ1n) is 8.40. The van der Waals surface area contributed by atoms with E-state index in [9.17, 15) is 5.11 Å². The van der Waals surface area contributed by atoms with Crippen molar-refractivity contribution < 1.29 is 14.6 Å². The number of nitrogens with zero attached hydrogens (tertiary/aromatic N) is 2. The number of methoxy groups -OCH3 is 1. The first-order valence-corrected chi connectivity index (χ1v) is 8.40. The SMILES string of the molecule is COCc1nc2ccccc2n1CC(O)COc1c(C)cccc1C. The van der Waals surface area contributed by atoms with Gasteiger partial charge in [0, 0.05) is 7.11 Å². The van der Waals surface area contributed by atoms with E-state index in [4.69, 9.17) is 9.47 Å². The highest BCUT2D eigenvalue weighted by Crippen LogP contribution is 2.23. The molecule has 0 amide bonds. The van der Waals surface area contributed by atoms with E-state index in [0.29, 0.717) is 13.2 Å². The van der Waals surface area contributed by atoms with Crippen LogP contribution in [-0.2, 0) is 17.9 Å². The Morgan fingerprint density at radius 3 is 2.52 bits per heavy atom. The summed E-state index contributed by atoms with van der Waals surface area (Å²) in [4.78, 5) is 4.59. The molecule has 1 heterocycles. The highest BCUT2D eigenvalue weighted by molar-refractivity contribution is 5.75. The summed E-state index contributed by atoms with van der Waals surface area (Å²) in [7, 11) is 1.64. The standard InChI is InChI=1S/C20H24N2O3/c1-14-7-6-8-15(2)20(14)25-12-16(23)11-22-18-10-5-4-9-17(18)21-19(22)13-24-3/h4-10,16,23H,11-13H2,1-3H3. The summed E-state index contributed by atoms with van der Waals surface area (Å²) in [5, 5.41) is 10.5. The first kappa shape index (κ1) is 17.5. The van der Waals surface area contributed by atoms with Crippen LogP contribution in [0.2, 0.25) is 0 Å². The van der Waals surface area contributed by atoms with Crippen molar-refractivity contribution in [1.82, 2.24) is 9.55 Å². The number of rotatable bonds is 7. The van der Waals surface area contributed by atoms with Gasteiger partial charge in [0.05, 0.1) is 17.6 Å². The average molecular weight is 340 g/mol. The lowest BCUT2D eigenvalue weighted by Gasteiger charge is -2.17. The summed E-state index contributed by atoms with van der Waals surface area (Å²) in [5.74, 6) is 1.64. The van der Waals surface area contributed by atoms with Crippen LogP contribution < -0.4 is 4.74 Å². The molecule has 1 N–H and O–H groups in total. The molecule has 0 saturated carbocycles. The molecular weight excluding hydrogens is 316 g/mol. The molecule has 5 heteroatoms. The summed E-state index contributed by atoms with van der Waals surface area (Å²) in [6.45, 7) is 5.05. The molecule has 3 aromatic rings. The summed E-state index contributed by atoms with van der Waals surface area (Å²) >= 11 is 0. The second-order valence-electron chi connectivity index (χ2n) is 6.25. The largest absolute Gasteiger partial charge is 0.490 e. The maximum atomic E-state index is 10.5. The molecule has 1 aromatic heterocycles. The molecule has 0 spiro atoms. The highest BCUT2D eigenvalue weighted by Gasteiger charge is 2.15. The molecule has 1 atom stereocenters. The number of imidazole rings is 1. The van der Waals surface area contributed by atoms with Crippen molar-refractivity contribution in [3.05, 3.63) is 59.4 Å². The lowest BCUT2D eigenvalue weighted by atomic mass is 10.1. The quantitative estimate of drug-likeness (QED) is 0.717. The number of aryl methyl sites for hydroxylation is 2. The number of hydrogen-bond donors (Lipinski definition) is 1. The molecular formula is C20H24N2O3. The van der Waals surface area contributed by atoms with Crippen molar-refractivity contribution in [3.8, 4) is 5.75 Å². The smallest absolute Gasteiger partial charge is 0.136 e. The normalized spacial score (nSPS) is 12.5. The van der Waals surface area contributed by atoms with E-state index >= 15 is 0 Å². The van der Waals surface area contributed by atoms with E-state index in [1.54, 1.807) is 7.11 Å². The van der Waals surface area contributed by atoms with Gasteiger partial charge >= 0.3 is 0 Å². The second-order valence-corrected chi connectivity index (χ2v) is 6.25. The molecule has 0 saturated heterocycles. The van der Waals surface area contributed by atoms with Gasteiger partial charge in [-0.25, -0.2) is 4.98 Å². The number of hydrogen-bond acceptors (Lipinski definition) is 4. The summed E-state index contributed by atoms with van der Waals surface area (Å²) in [5.41, 5.74) is 4.03. The topological polar surface area (TPSA) is 56.5 Å². The Kier molecular flexibility index (Phi) is 5.36. The Balaban J connectivity index is 1.75. The number of aliphatic hydroxyl groups excluding tert-OH is 1. The second kappa shape index (κ2) is 7.68. The van der Waals surface area contributed by atoms with Crippen LogP contribution in [0, 0.1) is 13.8 Å². The minimum atomic E-state index is -0.646. The molecule has 0 aliphatic heterocycles. The van der Waals surface area contributed by atoms with Crippen LogP contribution in [0.5, 0.6) is 5.75 Å². The van der Waals surface area contributed by atoms with Gasteiger partial charge in [0.2, 0.25) is 0 Å². The molecule has 0 fully saturated rings. The fourth-order valence-electron chi connectivity index (χ4n) is 3.04. The van der Waals surface area contributed by atoms with Crippen molar-refractivity contribution in [1.29, 1.82) is 0 Å². The molecule has 0 aliphatic rings. The van der Waals surface area contributed by atoms with E-state index in [-0.39, 0.29) is 6.61 Å². The van der Waals surface area contributed by atoms with Crippen LogP contribution in [-0.4, -0.2) is 34.5 Å². The zero-order valence-corrected chi connectivity index (χ0v) is 14.9. The lowest BCUT2D eigenvalue weighted by molar-refractivity contribution is 0.0895. The van der Waals surface area contributed by atoms with Crippen molar-refractivity contribution in [2.75, 3.05) is 13.7 Å². The van der Waals surface area contributed by atoms with Gasteiger partial charge in [-0.05, 0) is 37.1 Å². The fourth-order valence-corrected chi connectivity index (χ4v) is 3.04. The number of ether oxygens (including phenoxy) is 2. The molecule has 0 radical (unpaired) electrons. The predicted molar refractivity (Wildman–Crippen MR) is 97.9 cm³/mol. The van der Waals surface area contributed by atoms with Gasteiger partial charge in [-0.3, -0.25) is 0 Å². The van der Waals surface area contributed by atoms with Gasteiger partial charge in [0.15, 0.2) is 0 Å². The molecule has 25 heavy (non-hydrogen) atoms. The van der Waals surface area contributed by atoms with Gasteiger partial charge in [-0.2, -0.15) is 0 Å². The van der Waals surface area contributed by atoms with E-state index in [2.05, 4.69) is 4.98 Å². The summed E-state index contributed by atoms with van der Waals surface area (Å²) in [6, 6.07) is 13.9. The zero-order valence-electron chi connectivity index (χ0n) is 14.9. The van der Waals surface area contributed by atoms with Crippen LogP contribution in [0.4, 0.5) is 0 Å². The molecule has 2 aromatic carbocycles. The Hall–Kier alpha value is -2.37. The first-order chi connectivity index (χ1) is 12.1. The van der Waals surface area contributed by atoms with Crippen molar-refractivity contribution in [2.45, 2.75) is 33.1 Å². The van der Waals surface area contributed by atoms with Crippen LogP contribution >= 0.6 is 0 Å². The molecule has 0 aliphatic carbocycles. The Morgan fingerprint density at radius 2 is 1.80 bits per heavy atom. The molecule has 0 bridgehead atoms. The number of para-hydroxylation sites is 3.